The molecule has 0 radical (unpaired) electrons. The van der Waals surface area contributed by atoms with Gasteiger partial charge in [-0.2, -0.15) is 4.98 Å². The Labute approximate surface area is 184 Å². The molecular formula is C22H20N4O5S. The van der Waals surface area contributed by atoms with Crippen molar-refractivity contribution in [2.45, 2.75) is 24.7 Å². The zero-order valence-corrected chi connectivity index (χ0v) is 18.4. The maximum absolute atomic E-state index is 12.9. The second-order valence-corrected chi connectivity index (χ2v) is 9.40. The van der Waals surface area contributed by atoms with Gasteiger partial charge in [-0.15, -0.1) is 0 Å². The molecule has 3 heterocycles. The van der Waals surface area contributed by atoms with Gasteiger partial charge in [0, 0.05) is 23.9 Å². The van der Waals surface area contributed by atoms with Crippen molar-refractivity contribution in [3.05, 3.63) is 66.6 Å². The first kappa shape index (κ1) is 21.4. The van der Waals surface area contributed by atoms with Gasteiger partial charge in [0.25, 0.3) is 5.91 Å². The third-order valence-electron chi connectivity index (χ3n) is 4.64. The quantitative estimate of drug-likeness (QED) is 0.461. The van der Waals surface area contributed by atoms with Gasteiger partial charge in [-0.1, -0.05) is 32.0 Å². The first-order valence-corrected chi connectivity index (χ1v) is 11.6. The number of oxazole rings is 2. The van der Waals surface area contributed by atoms with E-state index in [1.807, 2.05) is 26.0 Å². The molecule has 0 aliphatic rings. The predicted octanol–water partition coefficient (Wildman–Crippen LogP) is 4.17. The number of pyridine rings is 1. The third-order valence-corrected chi connectivity index (χ3v) is 5.76. The van der Waals surface area contributed by atoms with Gasteiger partial charge in [-0.3, -0.25) is 15.1 Å². The SMILES string of the molecule is CC(C)c1oc(NC(=O)c2ocnc2-c2ccc(S(C)(=O)=O)cc2)nc1-c1ccccn1. The molecule has 0 atom stereocenters. The second-order valence-electron chi connectivity index (χ2n) is 7.38. The normalized spacial score (nSPS) is 11.6. The number of rotatable bonds is 6. The van der Waals surface area contributed by atoms with Crippen LogP contribution in [0.4, 0.5) is 6.01 Å². The molecule has 4 aromatic rings. The lowest BCUT2D eigenvalue weighted by Gasteiger charge is -2.03. The van der Waals surface area contributed by atoms with Crippen molar-refractivity contribution >= 4 is 21.8 Å². The molecule has 4 rings (SSSR count). The molecule has 164 valence electrons. The van der Waals surface area contributed by atoms with Gasteiger partial charge in [0.15, 0.2) is 16.2 Å². The van der Waals surface area contributed by atoms with Gasteiger partial charge in [0.1, 0.15) is 17.1 Å². The number of carbonyl (C=O) groups excluding carboxylic acids is 1. The monoisotopic (exact) mass is 452 g/mol. The predicted molar refractivity (Wildman–Crippen MR) is 117 cm³/mol. The molecule has 1 aromatic carbocycles. The fourth-order valence-electron chi connectivity index (χ4n) is 3.09. The maximum Gasteiger partial charge on any atom is 0.302 e. The van der Waals surface area contributed by atoms with E-state index in [1.165, 1.54) is 12.1 Å². The summed E-state index contributed by atoms with van der Waals surface area (Å²) in [7, 11) is -3.34. The Morgan fingerprint density at radius 3 is 2.41 bits per heavy atom. The minimum absolute atomic E-state index is 0.00845. The van der Waals surface area contributed by atoms with Gasteiger partial charge < -0.3 is 8.83 Å². The molecule has 1 amide bonds. The van der Waals surface area contributed by atoms with Crippen molar-refractivity contribution in [3.63, 3.8) is 0 Å². The summed E-state index contributed by atoms with van der Waals surface area (Å²) in [6.45, 7) is 3.90. The van der Waals surface area contributed by atoms with Crippen LogP contribution in [0.3, 0.4) is 0 Å². The number of amides is 1. The van der Waals surface area contributed by atoms with Gasteiger partial charge in [0.2, 0.25) is 5.76 Å². The molecule has 0 fully saturated rings. The summed E-state index contributed by atoms with van der Waals surface area (Å²) in [5.74, 6) is -0.0536. The molecule has 3 aromatic heterocycles. The molecule has 10 heteroatoms. The Balaban J connectivity index is 1.62. The van der Waals surface area contributed by atoms with Crippen LogP contribution in [0, 0.1) is 0 Å². The topological polar surface area (TPSA) is 128 Å². The molecule has 32 heavy (non-hydrogen) atoms. The standard InChI is InChI=1S/C22H20N4O5S/c1-13(2)19-18(16-6-4-5-11-23-16)25-22(31-19)26-21(27)20-17(24-12-30-20)14-7-9-15(10-8-14)32(3,28)29/h4-13H,1-3H3,(H,25,26,27). The number of benzene rings is 1. The summed E-state index contributed by atoms with van der Waals surface area (Å²) in [4.78, 5) is 25.8. The number of hydrogen-bond donors (Lipinski definition) is 1. The van der Waals surface area contributed by atoms with Crippen LogP contribution < -0.4 is 5.32 Å². The van der Waals surface area contributed by atoms with Crippen LogP contribution in [0.2, 0.25) is 0 Å². The Hall–Kier alpha value is -3.79. The van der Waals surface area contributed by atoms with Crippen molar-refractivity contribution in [1.29, 1.82) is 0 Å². The summed E-state index contributed by atoms with van der Waals surface area (Å²) >= 11 is 0. The Bertz CT molecular complexity index is 1360. The fraction of sp³-hybridized carbons (Fsp3) is 0.182. The Morgan fingerprint density at radius 1 is 1.03 bits per heavy atom. The number of nitrogens with zero attached hydrogens (tertiary/aromatic N) is 3. The molecule has 0 aliphatic carbocycles. The van der Waals surface area contributed by atoms with Crippen molar-refractivity contribution in [3.8, 4) is 22.6 Å². The van der Waals surface area contributed by atoms with Gasteiger partial charge in [-0.05, 0) is 24.3 Å². The molecule has 0 saturated heterocycles. The van der Waals surface area contributed by atoms with Gasteiger partial charge >= 0.3 is 6.01 Å². The van der Waals surface area contributed by atoms with Crippen molar-refractivity contribution < 1.29 is 22.0 Å². The lowest BCUT2D eigenvalue weighted by molar-refractivity contribution is 0.0994. The molecule has 0 aliphatic heterocycles. The third kappa shape index (κ3) is 4.30. The zero-order valence-electron chi connectivity index (χ0n) is 17.6. The summed E-state index contributed by atoms with van der Waals surface area (Å²) in [6, 6.07) is 11.5. The van der Waals surface area contributed by atoms with E-state index in [0.29, 0.717) is 22.7 Å². The number of aromatic nitrogens is 3. The lowest BCUT2D eigenvalue weighted by Crippen LogP contribution is -2.12. The highest BCUT2D eigenvalue weighted by Crippen LogP contribution is 2.31. The van der Waals surface area contributed by atoms with Crippen LogP contribution >= 0.6 is 0 Å². The minimum Gasteiger partial charge on any atom is -0.438 e. The first-order valence-electron chi connectivity index (χ1n) is 9.71. The zero-order chi connectivity index (χ0) is 22.9. The Kier molecular flexibility index (Phi) is 5.62. The van der Waals surface area contributed by atoms with E-state index in [9.17, 15) is 13.2 Å². The van der Waals surface area contributed by atoms with Crippen molar-refractivity contribution in [2.24, 2.45) is 0 Å². The summed E-state index contributed by atoms with van der Waals surface area (Å²) in [5, 5.41) is 2.60. The second kappa shape index (κ2) is 8.39. The average Bonchev–Trinajstić information content (AvgIpc) is 3.41. The van der Waals surface area contributed by atoms with E-state index in [2.05, 4.69) is 20.3 Å². The van der Waals surface area contributed by atoms with Crippen molar-refractivity contribution in [1.82, 2.24) is 15.0 Å². The molecule has 0 bridgehead atoms. The molecule has 0 spiro atoms. The number of anilines is 1. The Morgan fingerprint density at radius 2 is 1.78 bits per heavy atom. The molecule has 0 unspecified atom stereocenters. The van der Waals surface area contributed by atoms with Crippen LogP contribution in [0.15, 0.2) is 68.8 Å². The van der Waals surface area contributed by atoms with Crippen LogP contribution in [0.25, 0.3) is 22.6 Å². The summed E-state index contributed by atoms with van der Waals surface area (Å²) in [5.41, 5.74) is 1.97. The summed E-state index contributed by atoms with van der Waals surface area (Å²) < 4.78 is 34.4. The largest absolute Gasteiger partial charge is 0.438 e. The number of sulfone groups is 1. The highest BCUT2D eigenvalue weighted by molar-refractivity contribution is 7.90. The maximum atomic E-state index is 12.9. The molecular weight excluding hydrogens is 432 g/mol. The molecule has 9 nitrogen and oxygen atoms in total. The highest BCUT2D eigenvalue weighted by Gasteiger charge is 2.24. The highest BCUT2D eigenvalue weighted by atomic mass is 32.2. The van der Waals surface area contributed by atoms with E-state index in [1.54, 1.807) is 24.4 Å². The number of hydrogen-bond acceptors (Lipinski definition) is 8. The van der Waals surface area contributed by atoms with Crippen LogP contribution in [-0.4, -0.2) is 35.5 Å². The van der Waals surface area contributed by atoms with E-state index < -0.39 is 15.7 Å². The average molecular weight is 452 g/mol. The summed E-state index contributed by atoms with van der Waals surface area (Å²) in [6.07, 6.45) is 3.92. The van der Waals surface area contributed by atoms with E-state index in [-0.39, 0.29) is 28.3 Å². The number of nitrogens with one attached hydrogen (secondary N) is 1. The van der Waals surface area contributed by atoms with Crippen LogP contribution in [0.5, 0.6) is 0 Å². The first-order chi connectivity index (χ1) is 15.2. The van der Waals surface area contributed by atoms with Crippen LogP contribution in [0.1, 0.15) is 36.1 Å². The van der Waals surface area contributed by atoms with E-state index in [0.717, 1.165) is 12.6 Å². The molecule has 1 N–H and O–H groups in total. The lowest BCUT2D eigenvalue weighted by atomic mass is 10.1. The van der Waals surface area contributed by atoms with Gasteiger partial charge in [-0.25, -0.2) is 13.4 Å². The van der Waals surface area contributed by atoms with E-state index in [4.69, 9.17) is 8.83 Å². The van der Waals surface area contributed by atoms with Gasteiger partial charge in [0.05, 0.1) is 10.6 Å². The van der Waals surface area contributed by atoms with Crippen molar-refractivity contribution in [2.75, 3.05) is 11.6 Å². The molecule has 0 saturated carbocycles. The van der Waals surface area contributed by atoms with Crippen LogP contribution in [-0.2, 0) is 9.84 Å². The fourth-order valence-corrected chi connectivity index (χ4v) is 3.72. The van der Waals surface area contributed by atoms with E-state index >= 15 is 0 Å². The number of carbonyl (C=O) groups is 1. The smallest absolute Gasteiger partial charge is 0.302 e. The minimum atomic E-state index is -3.34.